The number of pyridine rings is 1. The molecular weight excluding hydrogens is 499 g/mol. The average Bonchev–Trinajstić information content (AvgIpc) is 3.27. The Kier molecular flexibility index (Phi) is 6.57. The summed E-state index contributed by atoms with van der Waals surface area (Å²) < 4.78 is 39.6. The molecule has 10 heteroatoms. The first-order valence-electron chi connectivity index (χ1n) is 11.0. The number of nitrogens with zero attached hydrogens (tertiary/aromatic N) is 3. The Morgan fingerprint density at radius 2 is 1.51 bits per heavy atom. The normalized spacial score (nSPS) is 11.9. The SMILES string of the molecule is Nc1c(N=Nc2ccc(-c3cccc4c3oc3ccccc34)nc2)cc(S(=O)(=O)O)c2ccccc12.[NaH]. The summed E-state index contributed by atoms with van der Waals surface area (Å²) in [5.41, 5.74) is 10.2. The molecule has 0 saturated heterocycles. The van der Waals surface area contributed by atoms with Gasteiger partial charge in [0.1, 0.15) is 27.4 Å². The maximum atomic E-state index is 11.9. The third kappa shape index (κ3) is 4.52. The van der Waals surface area contributed by atoms with Crippen molar-refractivity contribution in [3.05, 3.63) is 91.1 Å². The number of fused-ring (bicyclic) bond motifs is 4. The Balaban J connectivity index is 0.00000280. The van der Waals surface area contributed by atoms with Crippen molar-refractivity contribution in [3.63, 3.8) is 0 Å². The molecule has 2 heterocycles. The van der Waals surface area contributed by atoms with E-state index in [1.54, 1.807) is 36.5 Å². The van der Waals surface area contributed by atoms with E-state index in [-0.39, 0.29) is 45.8 Å². The third-order valence-electron chi connectivity index (χ3n) is 6.01. The minimum atomic E-state index is -4.49. The quantitative estimate of drug-likeness (QED) is 0.120. The maximum absolute atomic E-state index is 11.9. The van der Waals surface area contributed by atoms with Gasteiger partial charge in [0.25, 0.3) is 10.1 Å². The van der Waals surface area contributed by atoms with Gasteiger partial charge in [-0.05, 0) is 30.3 Å². The van der Waals surface area contributed by atoms with E-state index in [4.69, 9.17) is 10.2 Å². The van der Waals surface area contributed by atoms with Gasteiger partial charge in [0.15, 0.2) is 0 Å². The molecule has 178 valence electrons. The van der Waals surface area contributed by atoms with Crippen LogP contribution in [0.3, 0.4) is 0 Å². The van der Waals surface area contributed by atoms with Gasteiger partial charge in [0.2, 0.25) is 0 Å². The van der Waals surface area contributed by atoms with Gasteiger partial charge in [-0.15, -0.1) is 10.2 Å². The number of azo groups is 1. The van der Waals surface area contributed by atoms with Crippen LogP contribution in [0.4, 0.5) is 17.1 Å². The van der Waals surface area contributed by atoms with Crippen LogP contribution in [0, 0.1) is 0 Å². The monoisotopic (exact) mass is 518 g/mol. The number of anilines is 1. The van der Waals surface area contributed by atoms with E-state index in [2.05, 4.69) is 15.2 Å². The molecule has 6 aromatic rings. The Labute approximate surface area is 233 Å². The number of aromatic nitrogens is 1. The van der Waals surface area contributed by atoms with Crippen LogP contribution < -0.4 is 5.73 Å². The predicted octanol–water partition coefficient (Wildman–Crippen LogP) is 6.40. The molecule has 4 aromatic carbocycles. The molecule has 6 rings (SSSR count). The number of nitrogens with two attached hydrogens (primary N) is 1. The molecule has 0 bridgehead atoms. The summed E-state index contributed by atoms with van der Waals surface area (Å²) in [5.74, 6) is 0. The molecule has 0 radical (unpaired) electrons. The average molecular weight is 519 g/mol. The van der Waals surface area contributed by atoms with Crippen molar-refractivity contribution >= 4 is 89.4 Å². The molecule has 0 spiro atoms. The summed E-state index contributed by atoms with van der Waals surface area (Å²) in [6.45, 7) is 0. The Bertz CT molecular complexity index is 1930. The number of hydrogen-bond acceptors (Lipinski definition) is 7. The van der Waals surface area contributed by atoms with Crippen LogP contribution in [0.25, 0.3) is 44.0 Å². The number of hydrogen-bond donors (Lipinski definition) is 2. The second-order valence-corrected chi connectivity index (χ2v) is 9.60. The molecule has 0 aliphatic rings. The fourth-order valence-corrected chi connectivity index (χ4v) is 5.03. The standard InChI is InChI=1S/C27H18N4O4S.Na.H/c28-26-19-8-2-1-7-18(19)25(36(32,33)34)14-23(26)31-30-16-12-13-22(29-15-16)21-10-5-9-20-17-6-3-4-11-24(17)35-27(20)21;;/h1-15H,28H2,(H,32,33,34);;. The van der Waals surface area contributed by atoms with Crippen molar-refractivity contribution in [1.29, 1.82) is 0 Å². The van der Waals surface area contributed by atoms with Gasteiger partial charge in [-0.3, -0.25) is 9.54 Å². The topological polar surface area (TPSA) is 131 Å². The summed E-state index contributed by atoms with van der Waals surface area (Å²) in [5, 5.41) is 11.1. The zero-order chi connectivity index (χ0) is 24.9. The molecule has 3 N–H and O–H groups in total. The van der Waals surface area contributed by atoms with Crippen molar-refractivity contribution in [2.24, 2.45) is 10.2 Å². The summed E-state index contributed by atoms with van der Waals surface area (Å²) in [6, 6.07) is 25.2. The second kappa shape index (κ2) is 9.70. The molecule has 37 heavy (non-hydrogen) atoms. The van der Waals surface area contributed by atoms with E-state index in [0.717, 1.165) is 27.5 Å². The first-order chi connectivity index (χ1) is 17.4. The molecule has 0 atom stereocenters. The molecule has 0 aliphatic carbocycles. The van der Waals surface area contributed by atoms with Crippen LogP contribution in [0.2, 0.25) is 0 Å². The van der Waals surface area contributed by atoms with E-state index >= 15 is 0 Å². The summed E-state index contributed by atoms with van der Waals surface area (Å²) in [6.07, 6.45) is 1.56. The zero-order valence-corrected chi connectivity index (χ0v) is 19.5. The summed E-state index contributed by atoms with van der Waals surface area (Å²) in [7, 11) is -4.49. The summed E-state index contributed by atoms with van der Waals surface area (Å²) >= 11 is 0. The van der Waals surface area contributed by atoms with E-state index in [0.29, 0.717) is 22.2 Å². The zero-order valence-electron chi connectivity index (χ0n) is 18.7. The third-order valence-corrected chi connectivity index (χ3v) is 6.90. The fourth-order valence-electron chi connectivity index (χ4n) is 4.31. The van der Waals surface area contributed by atoms with E-state index in [9.17, 15) is 13.0 Å². The van der Waals surface area contributed by atoms with Gasteiger partial charge >= 0.3 is 29.6 Å². The second-order valence-electron chi connectivity index (χ2n) is 8.21. The van der Waals surface area contributed by atoms with Crippen molar-refractivity contribution < 1.29 is 17.4 Å². The van der Waals surface area contributed by atoms with E-state index in [1.165, 1.54) is 6.07 Å². The van der Waals surface area contributed by atoms with Gasteiger partial charge in [0.05, 0.1) is 17.6 Å². The number of nitrogen functional groups attached to an aromatic ring is 1. The van der Waals surface area contributed by atoms with Crippen LogP contribution in [0.15, 0.2) is 111 Å². The number of rotatable bonds is 4. The van der Waals surface area contributed by atoms with Gasteiger partial charge in [-0.1, -0.05) is 54.6 Å². The molecule has 0 fully saturated rings. The number of para-hydroxylation sites is 2. The van der Waals surface area contributed by atoms with Gasteiger partial charge < -0.3 is 10.2 Å². The Hall–Kier alpha value is -3.60. The molecule has 0 saturated carbocycles. The van der Waals surface area contributed by atoms with Crippen LogP contribution in [0.5, 0.6) is 0 Å². The Morgan fingerprint density at radius 1 is 0.811 bits per heavy atom. The molecule has 2 aromatic heterocycles. The first-order valence-corrected chi connectivity index (χ1v) is 12.4. The van der Waals surface area contributed by atoms with Gasteiger partial charge in [0, 0.05) is 27.1 Å². The van der Waals surface area contributed by atoms with Gasteiger partial charge in [-0.25, -0.2) is 0 Å². The van der Waals surface area contributed by atoms with Gasteiger partial charge in [-0.2, -0.15) is 8.42 Å². The van der Waals surface area contributed by atoms with Crippen molar-refractivity contribution in [2.45, 2.75) is 4.90 Å². The molecule has 8 nitrogen and oxygen atoms in total. The predicted molar refractivity (Wildman–Crippen MR) is 146 cm³/mol. The molecule has 0 unspecified atom stereocenters. The fraction of sp³-hybridized carbons (Fsp3) is 0. The molecule has 0 aliphatic heterocycles. The summed E-state index contributed by atoms with van der Waals surface area (Å²) in [4.78, 5) is 4.25. The van der Waals surface area contributed by atoms with Crippen LogP contribution in [-0.2, 0) is 10.1 Å². The van der Waals surface area contributed by atoms with Crippen molar-refractivity contribution in [2.75, 3.05) is 5.73 Å². The van der Waals surface area contributed by atoms with E-state index in [1.807, 2.05) is 48.5 Å². The molecule has 0 amide bonds. The number of benzene rings is 4. The first kappa shape index (κ1) is 25.1. The minimum absolute atomic E-state index is 0. The van der Waals surface area contributed by atoms with Crippen molar-refractivity contribution in [1.82, 2.24) is 4.98 Å². The van der Waals surface area contributed by atoms with Crippen LogP contribution in [-0.4, -0.2) is 47.5 Å². The number of furan rings is 1. The van der Waals surface area contributed by atoms with Crippen LogP contribution >= 0.6 is 0 Å². The van der Waals surface area contributed by atoms with Crippen molar-refractivity contribution in [3.8, 4) is 11.3 Å². The Morgan fingerprint density at radius 3 is 2.24 bits per heavy atom. The molecular formula is C27H19N4NaO4S. The van der Waals surface area contributed by atoms with Crippen LogP contribution in [0.1, 0.15) is 0 Å². The van der Waals surface area contributed by atoms with E-state index < -0.39 is 10.1 Å².